The van der Waals surface area contributed by atoms with Crippen LogP contribution in [0.25, 0.3) is 0 Å². The van der Waals surface area contributed by atoms with E-state index in [1.165, 1.54) is 109 Å². The van der Waals surface area contributed by atoms with Crippen molar-refractivity contribution in [3.63, 3.8) is 0 Å². The van der Waals surface area contributed by atoms with Crippen molar-refractivity contribution < 1.29 is 49.0 Å². The van der Waals surface area contributed by atoms with Crippen molar-refractivity contribution >= 4 is 11.9 Å². The van der Waals surface area contributed by atoms with Gasteiger partial charge in [-0.25, -0.2) is 0 Å². The first kappa shape index (κ1) is 49.5. The first-order valence-electron chi connectivity index (χ1n) is 21.8. The van der Waals surface area contributed by atoms with E-state index in [4.69, 9.17) is 18.9 Å². The molecule has 0 bridgehead atoms. The average molecular weight is 757 g/mol. The zero-order valence-corrected chi connectivity index (χ0v) is 33.8. The molecule has 0 radical (unpaired) electrons. The summed E-state index contributed by atoms with van der Waals surface area (Å²) in [7, 11) is 0. The van der Waals surface area contributed by atoms with Crippen LogP contribution >= 0.6 is 0 Å². The summed E-state index contributed by atoms with van der Waals surface area (Å²) < 4.78 is 22.1. The number of aliphatic hydroxyl groups excluding tert-OH is 4. The van der Waals surface area contributed by atoms with Gasteiger partial charge in [0.15, 0.2) is 12.4 Å². The number of hydrogen-bond donors (Lipinski definition) is 4. The van der Waals surface area contributed by atoms with E-state index in [9.17, 15) is 30.0 Å². The van der Waals surface area contributed by atoms with Gasteiger partial charge in [0, 0.05) is 12.8 Å². The summed E-state index contributed by atoms with van der Waals surface area (Å²) in [5.41, 5.74) is 0. The number of ether oxygens (including phenoxy) is 4. The Morgan fingerprint density at radius 1 is 0.566 bits per heavy atom. The second kappa shape index (κ2) is 34.9. The summed E-state index contributed by atoms with van der Waals surface area (Å²) in [6.45, 7) is 3.41. The number of aliphatic hydroxyl groups is 4. The SMILES string of the molecule is CCCCCCCCC=CCCCCCCCC(=O)O[C@H](COC(=O)CCCCCCCCCCCCCCC)CO[C@H]1O[C@H](CO)[C@@H](O)[C@H](O)[C@H]1O. The second-order valence-electron chi connectivity index (χ2n) is 15.2. The van der Waals surface area contributed by atoms with Crippen molar-refractivity contribution in [3.8, 4) is 0 Å². The number of carbonyl (C=O) groups excluding carboxylic acids is 2. The van der Waals surface area contributed by atoms with Crippen molar-refractivity contribution in [2.24, 2.45) is 0 Å². The molecule has 1 heterocycles. The van der Waals surface area contributed by atoms with Gasteiger partial charge in [-0.3, -0.25) is 9.59 Å². The lowest BCUT2D eigenvalue weighted by atomic mass is 9.99. The topological polar surface area (TPSA) is 152 Å². The maximum Gasteiger partial charge on any atom is 0.306 e. The summed E-state index contributed by atoms with van der Waals surface area (Å²) in [6, 6.07) is 0. The van der Waals surface area contributed by atoms with Crippen LogP contribution in [0.5, 0.6) is 0 Å². The lowest BCUT2D eigenvalue weighted by Crippen LogP contribution is -2.59. The molecule has 0 saturated carbocycles. The Kier molecular flexibility index (Phi) is 32.6. The number of unbranched alkanes of at least 4 members (excludes halogenated alkanes) is 23. The Hall–Kier alpha value is -1.56. The first-order chi connectivity index (χ1) is 25.8. The van der Waals surface area contributed by atoms with Crippen LogP contribution in [-0.4, -0.2) is 89.0 Å². The van der Waals surface area contributed by atoms with E-state index in [1.807, 2.05) is 0 Å². The molecule has 0 aromatic rings. The van der Waals surface area contributed by atoms with Gasteiger partial charge < -0.3 is 39.4 Å². The Labute approximate surface area is 322 Å². The molecular weight excluding hydrogens is 676 g/mol. The molecule has 10 heteroatoms. The minimum atomic E-state index is -1.59. The Balaban J connectivity index is 2.35. The summed E-state index contributed by atoms with van der Waals surface area (Å²) >= 11 is 0. The lowest BCUT2D eigenvalue weighted by molar-refractivity contribution is -0.305. The molecule has 0 spiro atoms. The number of hydrogen-bond acceptors (Lipinski definition) is 10. The van der Waals surface area contributed by atoms with Gasteiger partial charge in [-0.15, -0.1) is 0 Å². The van der Waals surface area contributed by atoms with Crippen molar-refractivity contribution in [2.45, 2.75) is 230 Å². The zero-order chi connectivity index (χ0) is 38.8. The van der Waals surface area contributed by atoms with Crippen LogP contribution in [0.4, 0.5) is 0 Å². The molecule has 0 aromatic heterocycles. The zero-order valence-electron chi connectivity index (χ0n) is 33.8. The minimum Gasteiger partial charge on any atom is -0.462 e. The fourth-order valence-corrected chi connectivity index (χ4v) is 6.65. The number of esters is 2. The van der Waals surface area contributed by atoms with Crippen LogP contribution in [0.15, 0.2) is 12.2 Å². The predicted octanol–water partition coefficient (Wildman–Crippen LogP) is 8.78. The standard InChI is InChI=1S/C43H80O10/c1-3-5-7-9-11-13-15-17-18-20-22-24-26-28-30-32-39(46)52-36(35-51-43-42(49)41(48)40(47)37(33-44)53-43)34-50-38(45)31-29-27-25-23-21-19-16-14-12-10-8-6-4-2/h17-18,36-37,40-44,47-49H,3-16,19-35H2,1-2H3/t36-,37-,40-,41+,42-,43+/m1/s1. The van der Waals surface area contributed by atoms with Crippen LogP contribution in [0.1, 0.15) is 194 Å². The van der Waals surface area contributed by atoms with E-state index in [0.717, 1.165) is 51.4 Å². The van der Waals surface area contributed by atoms with Crippen molar-refractivity contribution in [1.29, 1.82) is 0 Å². The molecule has 1 rings (SSSR count). The maximum absolute atomic E-state index is 12.7. The Bertz CT molecular complexity index is 881. The van der Waals surface area contributed by atoms with E-state index in [2.05, 4.69) is 26.0 Å². The molecule has 1 fully saturated rings. The molecule has 1 aliphatic rings. The van der Waals surface area contributed by atoms with Crippen LogP contribution in [0.3, 0.4) is 0 Å². The van der Waals surface area contributed by atoms with Crippen molar-refractivity contribution in [2.75, 3.05) is 19.8 Å². The third-order valence-corrected chi connectivity index (χ3v) is 10.2. The molecule has 1 aliphatic heterocycles. The lowest BCUT2D eigenvalue weighted by Gasteiger charge is -2.39. The van der Waals surface area contributed by atoms with E-state index < -0.39 is 49.4 Å². The summed E-state index contributed by atoms with van der Waals surface area (Å²) in [5, 5.41) is 40.0. The Morgan fingerprint density at radius 2 is 1.00 bits per heavy atom. The second-order valence-corrected chi connectivity index (χ2v) is 15.2. The summed E-state index contributed by atoms with van der Waals surface area (Å²) in [6.07, 6.45) is 27.9. The monoisotopic (exact) mass is 757 g/mol. The molecular formula is C43H80O10. The first-order valence-corrected chi connectivity index (χ1v) is 21.8. The molecule has 4 N–H and O–H groups in total. The van der Waals surface area contributed by atoms with Crippen LogP contribution in [0.2, 0.25) is 0 Å². The molecule has 0 unspecified atom stereocenters. The molecule has 0 amide bonds. The Morgan fingerprint density at radius 3 is 1.47 bits per heavy atom. The van der Waals surface area contributed by atoms with E-state index >= 15 is 0 Å². The van der Waals surface area contributed by atoms with Gasteiger partial charge in [0.25, 0.3) is 0 Å². The normalized spacial score (nSPS) is 20.9. The highest BCUT2D eigenvalue weighted by atomic mass is 16.7. The van der Waals surface area contributed by atoms with Crippen molar-refractivity contribution in [1.82, 2.24) is 0 Å². The fraction of sp³-hybridized carbons (Fsp3) is 0.907. The largest absolute Gasteiger partial charge is 0.462 e. The summed E-state index contributed by atoms with van der Waals surface area (Å²) in [5.74, 6) is -0.809. The van der Waals surface area contributed by atoms with Gasteiger partial charge in [0.05, 0.1) is 13.2 Å². The van der Waals surface area contributed by atoms with Gasteiger partial charge in [0.1, 0.15) is 31.0 Å². The fourth-order valence-electron chi connectivity index (χ4n) is 6.65. The predicted molar refractivity (Wildman–Crippen MR) is 210 cm³/mol. The number of allylic oxidation sites excluding steroid dienone is 2. The van der Waals surface area contributed by atoms with Gasteiger partial charge in [-0.05, 0) is 38.5 Å². The highest BCUT2D eigenvalue weighted by Gasteiger charge is 2.44. The van der Waals surface area contributed by atoms with Crippen LogP contribution in [-0.2, 0) is 28.5 Å². The van der Waals surface area contributed by atoms with Crippen molar-refractivity contribution in [3.05, 3.63) is 12.2 Å². The molecule has 53 heavy (non-hydrogen) atoms. The number of rotatable bonds is 36. The smallest absolute Gasteiger partial charge is 0.306 e. The minimum absolute atomic E-state index is 0.215. The van der Waals surface area contributed by atoms with Gasteiger partial charge >= 0.3 is 11.9 Å². The maximum atomic E-state index is 12.7. The molecule has 6 atom stereocenters. The van der Waals surface area contributed by atoms with Gasteiger partial charge in [-0.2, -0.15) is 0 Å². The highest BCUT2D eigenvalue weighted by molar-refractivity contribution is 5.70. The molecule has 1 saturated heterocycles. The number of carbonyl (C=O) groups is 2. The molecule has 312 valence electrons. The summed E-state index contributed by atoms with van der Waals surface area (Å²) in [4.78, 5) is 25.3. The van der Waals surface area contributed by atoms with Gasteiger partial charge in [0.2, 0.25) is 0 Å². The third-order valence-electron chi connectivity index (χ3n) is 10.2. The quantitative estimate of drug-likeness (QED) is 0.0277. The molecule has 0 aromatic carbocycles. The average Bonchev–Trinajstić information content (AvgIpc) is 3.15. The van der Waals surface area contributed by atoms with E-state index in [1.54, 1.807) is 0 Å². The molecule has 10 nitrogen and oxygen atoms in total. The van der Waals surface area contributed by atoms with Crippen LogP contribution < -0.4 is 0 Å². The van der Waals surface area contributed by atoms with Crippen LogP contribution in [0, 0.1) is 0 Å². The van der Waals surface area contributed by atoms with E-state index in [-0.39, 0.29) is 32.0 Å². The molecule has 0 aliphatic carbocycles. The third kappa shape index (κ3) is 26.8. The van der Waals surface area contributed by atoms with Gasteiger partial charge in [-0.1, -0.05) is 154 Å². The highest BCUT2D eigenvalue weighted by Crippen LogP contribution is 2.23. The van der Waals surface area contributed by atoms with E-state index in [0.29, 0.717) is 6.42 Å².